The van der Waals surface area contributed by atoms with Gasteiger partial charge in [-0.1, -0.05) is 41.9 Å². The van der Waals surface area contributed by atoms with Crippen molar-refractivity contribution in [2.45, 2.75) is 50.4 Å². The van der Waals surface area contributed by atoms with Gasteiger partial charge in [-0.3, -0.25) is 9.59 Å². The van der Waals surface area contributed by atoms with Crippen molar-refractivity contribution in [1.82, 2.24) is 14.8 Å². The van der Waals surface area contributed by atoms with Gasteiger partial charge in [-0.05, 0) is 49.9 Å². The molecule has 5 rings (SSSR count). The highest BCUT2D eigenvalue weighted by Gasteiger charge is 2.46. The number of methoxy groups -OCH3 is 1. The van der Waals surface area contributed by atoms with E-state index in [0.29, 0.717) is 18.7 Å². The van der Waals surface area contributed by atoms with Crippen molar-refractivity contribution in [2.75, 3.05) is 20.2 Å². The number of likely N-dealkylation sites (tertiary alicyclic amines) is 1. The molecule has 1 saturated heterocycles. The number of hydrogen-bond acceptors (Lipinski definition) is 4. The molecule has 0 spiro atoms. The Labute approximate surface area is 204 Å². The molecule has 2 fully saturated rings. The van der Waals surface area contributed by atoms with Crippen molar-refractivity contribution in [3.63, 3.8) is 0 Å². The lowest BCUT2D eigenvalue weighted by molar-refractivity contribution is -0.133. The predicted molar refractivity (Wildman–Crippen MR) is 133 cm³/mol. The van der Waals surface area contributed by atoms with E-state index in [1.807, 2.05) is 51.9 Å². The summed E-state index contributed by atoms with van der Waals surface area (Å²) in [7, 11) is 1.72. The van der Waals surface area contributed by atoms with Crippen LogP contribution >= 0.6 is 11.6 Å². The number of amides is 1. The largest absolute Gasteiger partial charge is 0.379 e. The van der Waals surface area contributed by atoms with Crippen molar-refractivity contribution >= 4 is 34.2 Å². The molecule has 2 aromatic carbocycles. The Morgan fingerprint density at radius 2 is 1.97 bits per heavy atom. The van der Waals surface area contributed by atoms with Gasteiger partial charge in [-0.2, -0.15) is 0 Å². The van der Waals surface area contributed by atoms with E-state index >= 15 is 0 Å². The molecule has 7 heteroatoms. The van der Waals surface area contributed by atoms with E-state index in [1.165, 1.54) is 5.56 Å². The van der Waals surface area contributed by atoms with Crippen LogP contribution in [0, 0.1) is 0 Å². The summed E-state index contributed by atoms with van der Waals surface area (Å²) in [5.74, 6) is 0.0376. The molecule has 2 heterocycles. The SMILES string of the molecule is COC1CCN(C(=O)Cn2cc(C(C)=O)c3ccccc32)C1CNC1(c2cccc(Cl)c2)CC1. The molecule has 3 aromatic rings. The molecule has 1 amide bonds. The van der Waals surface area contributed by atoms with Gasteiger partial charge < -0.3 is 19.5 Å². The first-order chi connectivity index (χ1) is 16.4. The van der Waals surface area contributed by atoms with Crippen LogP contribution in [0.1, 0.15) is 42.1 Å². The maximum absolute atomic E-state index is 13.5. The van der Waals surface area contributed by atoms with Crippen LogP contribution in [0.3, 0.4) is 0 Å². The van der Waals surface area contributed by atoms with Gasteiger partial charge in [0, 0.05) is 53.4 Å². The molecule has 1 saturated carbocycles. The molecule has 0 bridgehead atoms. The molecule has 0 radical (unpaired) electrons. The minimum atomic E-state index is -0.0759. The molecule has 2 aliphatic rings. The average Bonchev–Trinajstić information content (AvgIpc) is 3.37. The first-order valence-corrected chi connectivity index (χ1v) is 12.2. The van der Waals surface area contributed by atoms with E-state index < -0.39 is 0 Å². The van der Waals surface area contributed by atoms with Crippen LogP contribution in [-0.4, -0.2) is 53.5 Å². The number of hydrogen-bond donors (Lipinski definition) is 1. The first kappa shape index (κ1) is 23.1. The van der Waals surface area contributed by atoms with Gasteiger partial charge in [0.15, 0.2) is 5.78 Å². The number of carbonyl (C=O) groups excluding carboxylic acids is 2. The summed E-state index contributed by atoms with van der Waals surface area (Å²) >= 11 is 6.23. The Morgan fingerprint density at radius 3 is 2.68 bits per heavy atom. The third-order valence-corrected chi connectivity index (χ3v) is 7.59. The molecule has 6 nitrogen and oxygen atoms in total. The molecule has 1 N–H and O–H groups in total. The number of carbonyl (C=O) groups is 2. The van der Waals surface area contributed by atoms with Crippen LogP contribution in [0.2, 0.25) is 5.02 Å². The standard InChI is InChI=1S/C27H30ClN3O3/c1-18(32)22-16-30(23-9-4-3-8-21(22)23)17-26(33)31-13-10-25(34-2)24(31)15-29-27(11-12-27)19-6-5-7-20(28)14-19/h3-9,14,16,24-25,29H,10-13,15,17H2,1-2H3. The van der Waals surface area contributed by atoms with Crippen molar-refractivity contribution in [2.24, 2.45) is 0 Å². The Kier molecular flexibility index (Phi) is 6.23. The van der Waals surface area contributed by atoms with E-state index in [2.05, 4.69) is 11.4 Å². The summed E-state index contributed by atoms with van der Waals surface area (Å²) in [5.41, 5.74) is 2.67. The Morgan fingerprint density at radius 1 is 1.18 bits per heavy atom. The number of nitrogens with one attached hydrogen (secondary N) is 1. The average molecular weight is 480 g/mol. The number of halogens is 1. The fourth-order valence-electron chi connectivity index (χ4n) is 5.32. The van der Waals surface area contributed by atoms with Gasteiger partial charge in [-0.15, -0.1) is 0 Å². The molecule has 2 unspecified atom stereocenters. The molecule has 1 aliphatic carbocycles. The second kappa shape index (κ2) is 9.17. The highest BCUT2D eigenvalue weighted by molar-refractivity contribution is 6.30. The zero-order valence-corrected chi connectivity index (χ0v) is 20.3. The lowest BCUT2D eigenvalue weighted by Crippen LogP contribution is -2.49. The molecule has 1 aliphatic heterocycles. The fourth-order valence-corrected chi connectivity index (χ4v) is 5.52. The molecular weight excluding hydrogens is 450 g/mol. The lowest BCUT2D eigenvalue weighted by Gasteiger charge is -2.30. The Hall–Kier alpha value is -2.67. The number of Topliss-reactive ketones (excluding diaryl/α,β-unsaturated/α-hetero) is 1. The highest BCUT2D eigenvalue weighted by Crippen LogP contribution is 2.46. The van der Waals surface area contributed by atoms with Gasteiger partial charge in [0.25, 0.3) is 0 Å². The third kappa shape index (κ3) is 4.26. The maximum atomic E-state index is 13.5. The van der Waals surface area contributed by atoms with E-state index in [1.54, 1.807) is 20.2 Å². The van der Waals surface area contributed by atoms with Crippen molar-refractivity contribution in [3.8, 4) is 0 Å². The minimum absolute atomic E-state index is 0.000779. The van der Waals surface area contributed by atoms with Gasteiger partial charge in [-0.25, -0.2) is 0 Å². The lowest BCUT2D eigenvalue weighted by atomic mass is 10.0. The molecule has 2 atom stereocenters. The quantitative estimate of drug-likeness (QED) is 0.487. The van der Waals surface area contributed by atoms with E-state index in [0.717, 1.165) is 35.2 Å². The van der Waals surface area contributed by atoms with Crippen LogP contribution in [-0.2, 0) is 21.6 Å². The summed E-state index contributed by atoms with van der Waals surface area (Å²) in [5, 5.41) is 5.35. The van der Waals surface area contributed by atoms with Crippen LogP contribution in [0.15, 0.2) is 54.7 Å². The van der Waals surface area contributed by atoms with Crippen LogP contribution in [0.25, 0.3) is 10.9 Å². The van der Waals surface area contributed by atoms with E-state index in [4.69, 9.17) is 16.3 Å². The zero-order chi connectivity index (χ0) is 23.9. The molecular formula is C27H30ClN3O3. The zero-order valence-electron chi connectivity index (χ0n) is 19.6. The summed E-state index contributed by atoms with van der Waals surface area (Å²) < 4.78 is 7.66. The number of fused-ring (bicyclic) bond motifs is 1. The second-order valence-corrected chi connectivity index (χ2v) is 9.87. The predicted octanol–water partition coefficient (Wildman–Crippen LogP) is 4.39. The number of ether oxygens (including phenoxy) is 1. The van der Waals surface area contributed by atoms with Crippen LogP contribution in [0.5, 0.6) is 0 Å². The molecule has 178 valence electrons. The highest BCUT2D eigenvalue weighted by atomic mass is 35.5. The number of rotatable bonds is 8. The number of aromatic nitrogens is 1. The van der Waals surface area contributed by atoms with Crippen LogP contribution < -0.4 is 5.32 Å². The Balaban J connectivity index is 1.33. The van der Waals surface area contributed by atoms with Crippen molar-refractivity contribution in [1.29, 1.82) is 0 Å². The fraction of sp³-hybridized carbons (Fsp3) is 0.407. The minimum Gasteiger partial charge on any atom is -0.379 e. The smallest absolute Gasteiger partial charge is 0.242 e. The Bertz CT molecular complexity index is 1230. The molecule has 34 heavy (non-hydrogen) atoms. The number of nitrogens with zero attached hydrogens (tertiary/aromatic N) is 2. The normalized spacial score (nSPS) is 21.2. The van der Waals surface area contributed by atoms with Gasteiger partial charge in [0.2, 0.25) is 5.91 Å². The third-order valence-electron chi connectivity index (χ3n) is 7.36. The van der Waals surface area contributed by atoms with Gasteiger partial charge >= 0.3 is 0 Å². The number of para-hydroxylation sites is 1. The monoisotopic (exact) mass is 479 g/mol. The number of ketones is 1. The van der Waals surface area contributed by atoms with E-state index in [9.17, 15) is 9.59 Å². The van der Waals surface area contributed by atoms with Crippen molar-refractivity contribution < 1.29 is 14.3 Å². The summed E-state index contributed by atoms with van der Waals surface area (Å²) in [6.45, 7) is 3.07. The van der Waals surface area contributed by atoms with Crippen molar-refractivity contribution in [3.05, 3.63) is 70.9 Å². The topological polar surface area (TPSA) is 63.6 Å². The number of benzene rings is 2. The van der Waals surface area contributed by atoms with E-state index in [-0.39, 0.29) is 35.9 Å². The van der Waals surface area contributed by atoms with Crippen LogP contribution in [0.4, 0.5) is 0 Å². The van der Waals surface area contributed by atoms with Gasteiger partial charge in [0.1, 0.15) is 6.54 Å². The summed E-state index contributed by atoms with van der Waals surface area (Å²) in [6, 6.07) is 15.7. The summed E-state index contributed by atoms with van der Waals surface area (Å²) in [6.07, 6.45) is 4.70. The summed E-state index contributed by atoms with van der Waals surface area (Å²) in [4.78, 5) is 27.6. The first-order valence-electron chi connectivity index (χ1n) is 11.8. The van der Waals surface area contributed by atoms with Gasteiger partial charge in [0.05, 0.1) is 12.1 Å². The molecule has 1 aromatic heterocycles. The maximum Gasteiger partial charge on any atom is 0.242 e. The second-order valence-electron chi connectivity index (χ2n) is 9.43.